The minimum atomic E-state index is -0.572. The SMILES string of the molecule is CC(C)(C)NC(=O)CNc1ccc(C(=O)NC2CC2)cc1[N+](=O)[O-]. The predicted molar refractivity (Wildman–Crippen MR) is 90.0 cm³/mol. The molecule has 1 aromatic carbocycles. The minimum absolute atomic E-state index is 0.0915. The number of carbonyl (C=O) groups is 2. The Hall–Kier alpha value is -2.64. The summed E-state index contributed by atoms with van der Waals surface area (Å²) in [5.41, 5.74) is -0.178. The Morgan fingerprint density at radius 3 is 2.50 bits per heavy atom. The van der Waals surface area contributed by atoms with Gasteiger partial charge in [0.25, 0.3) is 11.6 Å². The van der Waals surface area contributed by atoms with E-state index in [1.807, 2.05) is 20.8 Å². The van der Waals surface area contributed by atoms with E-state index in [9.17, 15) is 19.7 Å². The fraction of sp³-hybridized carbons (Fsp3) is 0.500. The summed E-state index contributed by atoms with van der Waals surface area (Å²) < 4.78 is 0. The minimum Gasteiger partial charge on any atom is -0.371 e. The van der Waals surface area contributed by atoms with E-state index in [0.717, 1.165) is 12.8 Å². The number of benzene rings is 1. The van der Waals surface area contributed by atoms with Gasteiger partial charge in [0.15, 0.2) is 0 Å². The monoisotopic (exact) mass is 334 g/mol. The molecule has 24 heavy (non-hydrogen) atoms. The molecule has 0 saturated heterocycles. The van der Waals surface area contributed by atoms with Crippen LogP contribution in [-0.2, 0) is 4.79 Å². The van der Waals surface area contributed by atoms with Crippen LogP contribution >= 0.6 is 0 Å². The van der Waals surface area contributed by atoms with Gasteiger partial charge in [0, 0.05) is 23.2 Å². The third-order valence-electron chi connectivity index (χ3n) is 3.32. The fourth-order valence-corrected chi connectivity index (χ4v) is 2.11. The maximum atomic E-state index is 12.0. The van der Waals surface area contributed by atoms with Gasteiger partial charge in [-0.15, -0.1) is 0 Å². The fourth-order valence-electron chi connectivity index (χ4n) is 2.11. The van der Waals surface area contributed by atoms with E-state index in [1.165, 1.54) is 18.2 Å². The van der Waals surface area contributed by atoms with Crippen molar-refractivity contribution < 1.29 is 14.5 Å². The molecule has 0 bridgehead atoms. The normalized spacial score (nSPS) is 14.0. The molecule has 2 amide bonds. The number of nitro groups is 1. The molecule has 1 fully saturated rings. The van der Waals surface area contributed by atoms with Crippen molar-refractivity contribution in [3.63, 3.8) is 0 Å². The van der Waals surface area contributed by atoms with Crippen LogP contribution in [0, 0.1) is 10.1 Å². The van der Waals surface area contributed by atoms with Gasteiger partial charge in [0.2, 0.25) is 5.91 Å². The van der Waals surface area contributed by atoms with E-state index < -0.39 is 4.92 Å². The molecule has 2 rings (SSSR count). The second-order valence-corrected chi connectivity index (χ2v) is 6.89. The zero-order valence-electron chi connectivity index (χ0n) is 14.0. The van der Waals surface area contributed by atoms with Crippen LogP contribution in [-0.4, -0.2) is 34.9 Å². The number of anilines is 1. The molecule has 8 nitrogen and oxygen atoms in total. The van der Waals surface area contributed by atoms with Crippen molar-refractivity contribution in [2.24, 2.45) is 0 Å². The number of hydrogen-bond donors (Lipinski definition) is 3. The molecule has 1 saturated carbocycles. The van der Waals surface area contributed by atoms with Crippen LogP contribution < -0.4 is 16.0 Å². The average Bonchev–Trinajstić information content (AvgIpc) is 3.26. The molecule has 0 aromatic heterocycles. The Bertz CT molecular complexity index is 663. The Kier molecular flexibility index (Phi) is 5.06. The van der Waals surface area contributed by atoms with Gasteiger partial charge in [-0.05, 0) is 45.7 Å². The lowest BCUT2D eigenvalue weighted by Gasteiger charge is -2.20. The zero-order valence-corrected chi connectivity index (χ0v) is 14.0. The number of nitrogens with one attached hydrogen (secondary N) is 3. The van der Waals surface area contributed by atoms with Crippen LogP contribution in [0.3, 0.4) is 0 Å². The highest BCUT2D eigenvalue weighted by atomic mass is 16.6. The van der Waals surface area contributed by atoms with Crippen molar-refractivity contribution in [1.29, 1.82) is 0 Å². The summed E-state index contributed by atoms with van der Waals surface area (Å²) in [6.07, 6.45) is 1.88. The number of amides is 2. The number of hydrogen-bond acceptors (Lipinski definition) is 5. The van der Waals surface area contributed by atoms with Crippen LogP contribution in [0.5, 0.6) is 0 Å². The van der Waals surface area contributed by atoms with E-state index in [-0.39, 0.29) is 46.9 Å². The number of rotatable bonds is 6. The van der Waals surface area contributed by atoms with Gasteiger partial charge in [0.1, 0.15) is 5.69 Å². The lowest BCUT2D eigenvalue weighted by Crippen LogP contribution is -2.43. The highest BCUT2D eigenvalue weighted by Gasteiger charge is 2.25. The summed E-state index contributed by atoms with van der Waals surface area (Å²) in [4.78, 5) is 34.5. The van der Waals surface area contributed by atoms with Crippen molar-refractivity contribution in [2.45, 2.75) is 45.2 Å². The van der Waals surface area contributed by atoms with Gasteiger partial charge in [-0.3, -0.25) is 19.7 Å². The summed E-state index contributed by atoms with van der Waals surface area (Å²) in [5, 5.41) is 19.5. The summed E-state index contributed by atoms with van der Waals surface area (Å²) in [7, 11) is 0. The van der Waals surface area contributed by atoms with Gasteiger partial charge < -0.3 is 16.0 Å². The van der Waals surface area contributed by atoms with Crippen molar-refractivity contribution in [1.82, 2.24) is 10.6 Å². The van der Waals surface area contributed by atoms with Gasteiger partial charge in [-0.1, -0.05) is 0 Å². The molecule has 1 aromatic rings. The maximum absolute atomic E-state index is 12.0. The van der Waals surface area contributed by atoms with Crippen molar-refractivity contribution in [3.05, 3.63) is 33.9 Å². The molecular weight excluding hydrogens is 312 g/mol. The molecule has 0 radical (unpaired) electrons. The van der Waals surface area contributed by atoms with Gasteiger partial charge in [0.05, 0.1) is 11.5 Å². The Morgan fingerprint density at radius 1 is 1.29 bits per heavy atom. The topological polar surface area (TPSA) is 113 Å². The van der Waals surface area contributed by atoms with E-state index in [1.54, 1.807) is 0 Å². The molecule has 8 heteroatoms. The van der Waals surface area contributed by atoms with Crippen molar-refractivity contribution in [2.75, 3.05) is 11.9 Å². The first-order valence-corrected chi connectivity index (χ1v) is 7.80. The largest absolute Gasteiger partial charge is 0.371 e. The number of nitro benzene ring substituents is 1. The summed E-state index contributed by atoms with van der Waals surface area (Å²) in [5.74, 6) is -0.593. The molecular formula is C16H22N4O4. The second-order valence-electron chi connectivity index (χ2n) is 6.89. The number of nitrogens with zero attached hydrogens (tertiary/aromatic N) is 1. The Labute approximate surface area is 140 Å². The average molecular weight is 334 g/mol. The van der Waals surface area contributed by atoms with Crippen LogP contribution in [0.15, 0.2) is 18.2 Å². The molecule has 0 atom stereocenters. The third kappa shape index (κ3) is 5.22. The first-order valence-electron chi connectivity index (χ1n) is 7.80. The van der Waals surface area contributed by atoms with Crippen molar-refractivity contribution in [3.8, 4) is 0 Å². The lowest BCUT2D eigenvalue weighted by atomic mass is 10.1. The maximum Gasteiger partial charge on any atom is 0.293 e. The van der Waals surface area contributed by atoms with Crippen LogP contribution in [0.4, 0.5) is 11.4 Å². The third-order valence-corrected chi connectivity index (χ3v) is 3.32. The van der Waals surface area contributed by atoms with Crippen LogP contribution in [0.1, 0.15) is 44.0 Å². The van der Waals surface area contributed by atoms with Crippen molar-refractivity contribution >= 4 is 23.2 Å². The van der Waals surface area contributed by atoms with Crippen LogP contribution in [0.2, 0.25) is 0 Å². The standard InChI is InChI=1S/C16H22N4O4/c1-16(2,3)19-14(21)9-17-12-7-4-10(8-13(12)20(23)24)15(22)18-11-5-6-11/h4,7-8,11,17H,5-6,9H2,1-3H3,(H,18,22)(H,19,21). The highest BCUT2D eigenvalue weighted by Crippen LogP contribution is 2.26. The molecule has 1 aliphatic carbocycles. The van der Waals surface area contributed by atoms with Gasteiger partial charge >= 0.3 is 0 Å². The summed E-state index contributed by atoms with van der Waals surface area (Å²) in [6.45, 7) is 5.45. The van der Waals surface area contributed by atoms with E-state index >= 15 is 0 Å². The first kappa shape index (κ1) is 17.7. The van der Waals surface area contributed by atoms with E-state index in [0.29, 0.717) is 0 Å². The lowest BCUT2D eigenvalue weighted by molar-refractivity contribution is -0.384. The Balaban J connectivity index is 2.07. The van der Waals surface area contributed by atoms with E-state index in [4.69, 9.17) is 0 Å². The highest BCUT2D eigenvalue weighted by molar-refractivity contribution is 5.96. The molecule has 0 spiro atoms. The van der Waals surface area contributed by atoms with Crippen LogP contribution in [0.25, 0.3) is 0 Å². The van der Waals surface area contributed by atoms with E-state index in [2.05, 4.69) is 16.0 Å². The second kappa shape index (κ2) is 6.86. The quantitative estimate of drug-likeness (QED) is 0.542. The first-order chi connectivity index (χ1) is 11.2. The molecule has 0 aliphatic heterocycles. The molecule has 130 valence electrons. The molecule has 0 heterocycles. The molecule has 1 aliphatic rings. The number of carbonyl (C=O) groups excluding carboxylic acids is 2. The molecule has 3 N–H and O–H groups in total. The molecule has 0 unspecified atom stereocenters. The zero-order chi connectivity index (χ0) is 17.9. The predicted octanol–water partition coefficient (Wildman–Crippen LogP) is 1.81. The summed E-state index contributed by atoms with van der Waals surface area (Å²) >= 11 is 0. The smallest absolute Gasteiger partial charge is 0.293 e. The van der Waals surface area contributed by atoms with Gasteiger partial charge in [-0.25, -0.2) is 0 Å². The Morgan fingerprint density at radius 2 is 1.96 bits per heavy atom. The van der Waals surface area contributed by atoms with Gasteiger partial charge in [-0.2, -0.15) is 0 Å². The summed E-state index contributed by atoms with van der Waals surface area (Å²) in [6, 6.07) is 4.36.